The zero-order chi connectivity index (χ0) is 13.9. The summed E-state index contributed by atoms with van der Waals surface area (Å²) >= 11 is 0. The maximum Gasteiger partial charge on any atom is 0.0370 e. The van der Waals surface area contributed by atoms with Crippen molar-refractivity contribution in [3.8, 4) is 0 Å². The first-order chi connectivity index (χ1) is 9.72. The van der Waals surface area contributed by atoms with E-state index in [0.717, 1.165) is 6.54 Å². The van der Waals surface area contributed by atoms with Gasteiger partial charge in [0.05, 0.1) is 0 Å². The summed E-state index contributed by atoms with van der Waals surface area (Å²) in [4.78, 5) is 2.38. The van der Waals surface area contributed by atoms with Gasteiger partial charge < -0.3 is 10.2 Å². The Morgan fingerprint density at radius 1 is 1.10 bits per heavy atom. The van der Waals surface area contributed by atoms with Gasteiger partial charge in [0.2, 0.25) is 0 Å². The zero-order valence-electron chi connectivity index (χ0n) is 12.5. The van der Waals surface area contributed by atoms with Crippen LogP contribution >= 0.6 is 0 Å². The molecule has 1 fully saturated rings. The lowest BCUT2D eigenvalue weighted by atomic mass is 10.0. The lowest BCUT2D eigenvalue weighted by Gasteiger charge is -2.29. The number of rotatable bonds is 3. The predicted octanol–water partition coefficient (Wildman–Crippen LogP) is 3.73. The van der Waals surface area contributed by atoms with Crippen molar-refractivity contribution in [3.63, 3.8) is 0 Å². The molecule has 1 saturated heterocycles. The normalized spacial score (nSPS) is 19.2. The number of anilines is 1. The van der Waals surface area contributed by atoms with Gasteiger partial charge in [-0.15, -0.1) is 0 Å². The van der Waals surface area contributed by atoms with Crippen molar-refractivity contribution >= 4 is 16.5 Å². The Hall–Kier alpha value is -1.54. The molecule has 0 spiro atoms. The van der Waals surface area contributed by atoms with Gasteiger partial charge >= 0.3 is 0 Å². The third kappa shape index (κ3) is 2.96. The SMILES string of the molecule is Cc1ccc2cc(N(C)CC3CCCCN3)ccc2c1. The molecule has 0 aliphatic carbocycles. The third-order valence-electron chi connectivity index (χ3n) is 4.33. The summed E-state index contributed by atoms with van der Waals surface area (Å²) in [5, 5.41) is 6.28. The number of benzene rings is 2. The van der Waals surface area contributed by atoms with Crippen molar-refractivity contribution in [1.29, 1.82) is 0 Å². The van der Waals surface area contributed by atoms with Crippen molar-refractivity contribution in [1.82, 2.24) is 5.32 Å². The molecule has 0 saturated carbocycles. The first-order valence-corrected chi connectivity index (χ1v) is 7.67. The molecule has 0 radical (unpaired) electrons. The van der Waals surface area contributed by atoms with Crippen LogP contribution in [-0.4, -0.2) is 26.2 Å². The van der Waals surface area contributed by atoms with E-state index in [-0.39, 0.29) is 0 Å². The smallest absolute Gasteiger partial charge is 0.0370 e. The van der Waals surface area contributed by atoms with E-state index in [0.29, 0.717) is 6.04 Å². The van der Waals surface area contributed by atoms with E-state index >= 15 is 0 Å². The molecular weight excluding hydrogens is 244 g/mol. The summed E-state index contributed by atoms with van der Waals surface area (Å²) in [6.07, 6.45) is 4.00. The summed E-state index contributed by atoms with van der Waals surface area (Å²) in [6, 6.07) is 14.1. The van der Waals surface area contributed by atoms with Crippen LogP contribution in [0.2, 0.25) is 0 Å². The van der Waals surface area contributed by atoms with E-state index < -0.39 is 0 Å². The van der Waals surface area contributed by atoms with Gasteiger partial charge in [-0.3, -0.25) is 0 Å². The van der Waals surface area contributed by atoms with Crippen molar-refractivity contribution < 1.29 is 0 Å². The molecule has 106 valence electrons. The Labute approximate surface area is 121 Å². The lowest BCUT2D eigenvalue weighted by molar-refractivity contribution is 0.403. The highest BCUT2D eigenvalue weighted by atomic mass is 15.1. The summed E-state index contributed by atoms with van der Waals surface area (Å²) in [5.74, 6) is 0. The number of likely N-dealkylation sites (N-methyl/N-ethyl adjacent to an activating group) is 1. The van der Waals surface area contributed by atoms with E-state index in [4.69, 9.17) is 0 Å². The molecule has 2 heteroatoms. The van der Waals surface area contributed by atoms with Crippen LogP contribution in [0, 0.1) is 6.92 Å². The Morgan fingerprint density at radius 3 is 2.70 bits per heavy atom. The van der Waals surface area contributed by atoms with Gasteiger partial charge in [0.1, 0.15) is 0 Å². The summed E-state index contributed by atoms with van der Waals surface area (Å²) in [7, 11) is 2.20. The molecule has 1 heterocycles. The average molecular weight is 268 g/mol. The fourth-order valence-electron chi connectivity index (χ4n) is 3.11. The number of aryl methyl sites for hydroxylation is 1. The maximum absolute atomic E-state index is 3.62. The highest BCUT2D eigenvalue weighted by Crippen LogP contribution is 2.23. The fraction of sp³-hybridized carbons (Fsp3) is 0.444. The molecule has 0 aromatic heterocycles. The number of nitrogens with zero attached hydrogens (tertiary/aromatic N) is 1. The van der Waals surface area contributed by atoms with Crippen LogP contribution in [0.15, 0.2) is 36.4 Å². The Kier molecular flexibility index (Phi) is 3.93. The number of nitrogens with one attached hydrogen (secondary N) is 1. The summed E-state index contributed by atoms with van der Waals surface area (Å²) in [5.41, 5.74) is 2.64. The molecule has 3 rings (SSSR count). The number of piperidine rings is 1. The van der Waals surface area contributed by atoms with Crippen LogP contribution in [-0.2, 0) is 0 Å². The lowest BCUT2D eigenvalue weighted by Crippen LogP contribution is -2.42. The molecule has 2 nitrogen and oxygen atoms in total. The van der Waals surface area contributed by atoms with Crippen molar-refractivity contribution in [3.05, 3.63) is 42.0 Å². The molecule has 0 bridgehead atoms. The minimum Gasteiger partial charge on any atom is -0.373 e. The van der Waals surface area contributed by atoms with E-state index in [2.05, 4.69) is 60.6 Å². The molecule has 1 aliphatic heterocycles. The third-order valence-corrected chi connectivity index (χ3v) is 4.33. The summed E-state index contributed by atoms with van der Waals surface area (Å²) < 4.78 is 0. The monoisotopic (exact) mass is 268 g/mol. The molecule has 20 heavy (non-hydrogen) atoms. The van der Waals surface area contributed by atoms with Crippen molar-refractivity contribution in [2.45, 2.75) is 32.2 Å². The first kappa shape index (κ1) is 13.4. The second kappa shape index (κ2) is 5.84. The maximum atomic E-state index is 3.62. The van der Waals surface area contributed by atoms with E-state index in [9.17, 15) is 0 Å². The number of hydrogen-bond acceptors (Lipinski definition) is 2. The zero-order valence-corrected chi connectivity index (χ0v) is 12.5. The first-order valence-electron chi connectivity index (χ1n) is 7.67. The van der Waals surface area contributed by atoms with Crippen LogP contribution in [0.1, 0.15) is 24.8 Å². The van der Waals surface area contributed by atoms with Crippen LogP contribution < -0.4 is 10.2 Å². The van der Waals surface area contributed by atoms with E-state index in [1.165, 1.54) is 47.8 Å². The average Bonchev–Trinajstić information content (AvgIpc) is 2.47. The van der Waals surface area contributed by atoms with Gasteiger partial charge in [-0.2, -0.15) is 0 Å². The molecule has 2 aromatic carbocycles. The Morgan fingerprint density at radius 2 is 1.90 bits per heavy atom. The van der Waals surface area contributed by atoms with Crippen LogP contribution in [0.5, 0.6) is 0 Å². The number of fused-ring (bicyclic) bond motifs is 1. The van der Waals surface area contributed by atoms with E-state index in [1.54, 1.807) is 0 Å². The minimum atomic E-state index is 0.641. The molecular formula is C18H24N2. The summed E-state index contributed by atoms with van der Waals surface area (Å²) in [6.45, 7) is 4.42. The highest BCUT2D eigenvalue weighted by molar-refractivity contribution is 5.86. The molecule has 0 amide bonds. The van der Waals surface area contributed by atoms with Crippen LogP contribution in [0.4, 0.5) is 5.69 Å². The van der Waals surface area contributed by atoms with Crippen molar-refractivity contribution in [2.24, 2.45) is 0 Å². The second-order valence-corrected chi connectivity index (χ2v) is 6.06. The topological polar surface area (TPSA) is 15.3 Å². The molecule has 1 atom stereocenters. The van der Waals surface area contributed by atoms with Gasteiger partial charge in [0.25, 0.3) is 0 Å². The van der Waals surface area contributed by atoms with Gasteiger partial charge in [-0.1, -0.05) is 36.2 Å². The molecule has 1 N–H and O–H groups in total. The number of hydrogen-bond donors (Lipinski definition) is 1. The Balaban J connectivity index is 1.76. The van der Waals surface area contributed by atoms with Crippen LogP contribution in [0.3, 0.4) is 0 Å². The molecule has 1 unspecified atom stereocenters. The van der Waals surface area contributed by atoms with Crippen LogP contribution in [0.25, 0.3) is 10.8 Å². The molecule has 2 aromatic rings. The standard InChI is InChI=1S/C18H24N2/c1-14-6-7-16-12-18(9-8-15(16)11-14)20(2)13-17-5-3-4-10-19-17/h6-9,11-12,17,19H,3-5,10,13H2,1-2H3. The van der Waals surface area contributed by atoms with Gasteiger partial charge in [-0.05, 0) is 49.2 Å². The van der Waals surface area contributed by atoms with Crippen molar-refractivity contribution in [2.75, 3.05) is 25.0 Å². The fourth-order valence-corrected chi connectivity index (χ4v) is 3.11. The largest absolute Gasteiger partial charge is 0.373 e. The van der Waals surface area contributed by atoms with Gasteiger partial charge in [0, 0.05) is 25.3 Å². The predicted molar refractivity (Wildman–Crippen MR) is 87.6 cm³/mol. The van der Waals surface area contributed by atoms with E-state index in [1.807, 2.05) is 0 Å². The molecule has 1 aliphatic rings. The minimum absolute atomic E-state index is 0.641. The second-order valence-electron chi connectivity index (χ2n) is 6.06. The van der Waals surface area contributed by atoms with Gasteiger partial charge in [0.15, 0.2) is 0 Å². The van der Waals surface area contributed by atoms with Gasteiger partial charge in [-0.25, -0.2) is 0 Å². The highest BCUT2D eigenvalue weighted by Gasteiger charge is 2.14. The quantitative estimate of drug-likeness (QED) is 0.912. The Bertz CT molecular complexity index is 585.